The number of fused-ring (bicyclic) bond motifs is 10. The summed E-state index contributed by atoms with van der Waals surface area (Å²) in [4.78, 5) is 20.9. The highest BCUT2D eigenvalue weighted by Gasteiger charge is 2.19. The Morgan fingerprint density at radius 2 is 0.931 bits per heavy atom. The second kappa shape index (κ2) is 13.0. The fraction of sp³-hybridized carbons (Fsp3) is 0. The van der Waals surface area contributed by atoms with E-state index in [0.717, 1.165) is 71.6 Å². The normalized spacial score (nSPS) is 11.8. The first-order valence-corrected chi connectivity index (χ1v) is 20.2. The van der Waals surface area contributed by atoms with Crippen LogP contribution in [0.1, 0.15) is 0 Å². The van der Waals surface area contributed by atoms with E-state index in [1.807, 2.05) is 41.7 Å². The number of hydrogen-bond acceptors (Lipinski definition) is 5. The molecule has 0 fully saturated rings. The molecule has 5 nitrogen and oxygen atoms in total. The van der Waals surface area contributed by atoms with Gasteiger partial charge in [-0.05, 0) is 47.5 Å². The molecule has 0 saturated heterocycles. The molecule has 4 aromatic heterocycles. The number of para-hydroxylation sites is 2. The van der Waals surface area contributed by atoms with Gasteiger partial charge in [0.1, 0.15) is 0 Å². The highest BCUT2D eigenvalue weighted by Crippen LogP contribution is 2.44. The lowest BCUT2D eigenvalue weighted by atomic mass is 9.94. The van der Waals surface area contributed by atoms with E-state index in [0.29, 0.717) is 17.6 Å². The van der Waals surface area contributed by atoms with E-state index in [-0.39, 0.29) is 0 Å². The maximum atomic E-state index is 5.41. The molecule has 0 aliphatic heterocycles. The Morgan fingerprint density at radius 3 is 1.69 bits per heavy atom. The minimum absolute atomic E-state index is 0.578. The summed E-state index contributed by atoms with van der Waals surface area (Å²) in [6, 6.07) is 66.1. The van der Waals surface area contributed by atoms with Crippen LogP contribution in [0.2, 0.25) is 0 Å². The predicted molar refractivity (Wildman–Crippen MR) is 242 cm³/mol. The summed E-state index contributed by atoms with van der Waals surface area (Å²) >= 11 is 1.85. The molecule has 0 spiro atoms. The molecule has 12 aromatic rings. The maximum Gasteiger partial charge on any atom is 0.238 e. The van der Waals surface area contributed by atoms with Crippen LogP contribution >= 0.6 is 11.3 Å². The van der Waals surface area contributed by atoms with Crippen molar-refractivity contribution in [1.82, 2.24) is 24.5 Å². The average molecular weight is 758 g/mol. The molecular weight excluding hydrogens is 727 g/mol. The molecule has 58 heavy (non-hydrogen) atoms. The molecule has 8 aromatic carbocycles. The highest BCUT2D eigenvalue weighted by molar-refractivity contribution is 7.26. The fourth-order valence-corrected chi connectivity index (χ4v) is 9.71. The van der Waals surface area contributed by atoms with Gasteiger partial charge in [0.25, 0.3) is 0 Å². The van der Waals surface area contributed by atoms with Crippen LogP contribution in [-0.4, -0.2) is 24.5 Å². The van der Waals surface area contributed by atoms with Crippen LogP contribution in [0.5, 0.6) is 0 Å². The summed E-state index contributed by atoms with van der Waals surface area (Å²) in [6.07, 6.45) is 0. The van der Waals surface area contributed by atoms with E-state index in [9.17, 15) is 0 Å². The van der Waals surface area contributed by atoms with Crippen molar-refractivity contribution < 1.29 is 0 Å². The number of aromatic nitrogens is 5. The smallest absolute Gasteiger partial charge is 0.238 e. The number of benzene rings is 8. The Morgan fingerprint density at radius 1 is 0.345 bits per heavy atom. The highest BCUT2D eigenvalue weighted by atomic mass is 32.1. The van der Waals surface area contributed by atoms with E-state index >= 15 is 0 Å². The first-order chi connectivity index (χ1) is 28.7. The lowest BCUT2D eigenvalue weighted by molar-refractivity contribution is 0.953. The van der Waals surface area contributed by atoms with Crippen LogP contribution < -0.4 is 0 Å². The predicted octanol–water partition coefficient (Wildman–Crippen LogP) is 13.7. The second-order valence-electron chi connectivity index (χ2n) is 14.6. The topological polar surface area (TPSA) is 56.5 Å². The van der Waals surface area contributed by atoms with Crippen molar-refractivity contribution >= 4 is 75.0 Å². The van der Waals surface area contributed by atoms with Gasteiger partial charge in [0.15, 0.2) is 11.6 Å². The monoisotopic (exact) mass is 757 g/mol. The van der Waals surface area contributed by atoms with Gasteiger partial charge in [-0.1, -0.05) is 152 Å². The van der Waals surface area contributed by atoms with E-state index in [2.05, 4.69) is 162 Å². The third-order valence-electron chi connectivity index (χ3n) is 11.2. The Balaban J connectivity index is 1.06. The SMILES string of the molecule is c1ccc(-c2nc(-c3cccc(-c4ccc5c(c4)nc(-c4ccccc4)c4ccc6sc7ccccc7c6c45)c3)nc(-n3c4ccccc4c4ccccc43)n2)cc1. The van der Waals surface area contributed by atoms with Gasteiger partial charge in [-0.25, -0.2) is 9.97 Å². The van der Waals surface area contributed by atoms with Crippen molar-refractivity contribution in [2.75, 3.05) is 0 Å². The molecule has 0 unspecified atom stereocenters. The first-order valence-electron chi connectivity index (χ1n) is 19.4. The Labute approximate surface area is 337 Å². The van der Waals surface area contributed by atoms with Crippen molar-refractivity contribution in [3.8, 4) is 51.1 Å². The summed E-state index contributed by atoms with van der Waals surface area (Å²) in [5.41, 5.74) is 9.11. The van der Waals surface area contributed by atoms with Crippen LogP contribution in [0.25, 0.3) is 115 Å². The summed E-state index contributed by atoms with van der Waals surface area (Å²) in [5, 5.41) is 8.44. The van der Waals surface area contributed by atoms with Gasteiger partial charge in [0.2, 0.25) is 5.95 Å². The number of nitrogens with zero attached hydrogens (tertiary/aromatic N) is 5. The molecule has 0 aliphatic carbocycles. The number of pyridine rings is 1. The van der Waals surface area contributed by atoms with Crippen molar-refractivity contribution in [1.29, 1.82) is 0 Å². The van der Waals surface area contributed by atoms with Crippen LogP contribution in [0.3, 0.4) is 0 Å². The van der Waals surface area contributed by atoms with Crippen LogP contribution in [0, 0.1) is 0 Å². The van der Waals surface area contributed by atoms with Gasteiger partial charge in [-0.3, -0.25) is 4.57 Å². The van der Waals surface area contributed by atoms with Crippen molar-refractivity contribution in [3.05, 3.63) is 188 Å². The lowest BCUT2D eigenvalue weighted by Gasteiger charge is -2.13. The van der Waals surface area contributed by atoms with Gasteiger partial charge >= 0.3 is 0 Å². The van der Waals surface area contributed by atoms with Gasteiger partial charge in [-0.15, -0.1) is 11.3 Å². The molecule has 4 heterocycles. The third-order valence-corrected chi connectivity index (χ3v) is 12.4. The summed E-state index contributed by atoms with van der Waals surface area (Å²) in [6.45, 7) is 0. The molecule has 6 heteroatoms. The van der Waals surface area contributed by atoms with Gasteiger partial charge in [0, 0.05) is 63.8 Å². The zero-order valence-electron chi connectivity index (χ0n) is 31.0. The summed E-state index contributed by atoms with van der Waals surface area (Å²) in [7, 11) is 0. The first kappa shape index (κ1) is 32.7. The molecule has 0 amide bonds. The minimum Gasteiger partial charge on any atom is -0.278 e. The number of thiophene rings is 1. The third kappa shape index (κ3) is 5.16. The van der Waals surface area contributed by atoms with Crippen molar-refractivity contribution in [2.24, 2.45) is 0 Å². The quantitative estimate of drug-likeness (QED) is 0.164. The largest absolute Gasteiger partial charge is 0.278 e. The molecule has 0 radical (unpaired) electrons. The second-order valence-corrected chi connectivity index (χ2v) is 15.7. The average Bonchev–Trinajstić information content (AvgIpc) is 3.85. The van der Waals surface area contributed by atoms with Crippen LogP contribution in [0.15, 0.2) is 188 Å². The Hall–Kier alpha value is -7.54. The van der Waals surface area contributed by atoms with E-state index in [1.54, 1.807) is 0 Å². The van der Waals surface area contributed by atoms with E-state index < -0.39 is 0 Å². The maximum absolute atomic E-state index is 5.41. The van der Waals surface area contributed by atoms with Crippen molar-refractivity contribution in [3.63, 3.8) is 0 Å². The molecule has 12 rings (SSSR count). The lowest BCUT2D eigenvalue weighted by Crippen LogP contribution is -2.06. The molecule has 0 atom stereocenters. The zero-order valence-corrected chi connectivity index (χ0v) is 31.9. The number of hydrogen-bond donors (Lipinski definition) is 0. The fourth-order valence-electron chi connectivity index (χ4n) is 8.59. The molecular formula is C52H31N5S. The van der Waals surface area contributed by atoms with Crippen LogP contribution in [0.4, 0.5) is 0 Å². The van der Waals surface area contributed by atoms with Crippen LogP contribution in [-0.2, 0) is 0 Å². The van der Waals surface area contributed by atoms with E-state index in [4.69, 9.17) is 19.9 Å². The molecule has 270 valence electrons. The zero-order chi connectivity index (χ0) is 38.2. The summed E-state index contributed by atoms with van der Waals surface area (Å²) < 4.78 is 4.73. The molecule has 0 saturated carbocycles. The van der Waals surface area contributed by atoms with E-state index in [1.165, 1.54) is 25.6 Å². The molecule has 0 bridgehead atoms. The summed E-state index contributed by atoms with van der Waals surface area (Å²) in [5.74, 6) is 1.81. The number of rotatable bonds is 5. The van der Waals surface area contributed by atoms with Gasteiger partial charge in [-0.2, -0.15) is 9.97 Å². The Bertz CT molecular complexity index is 3520. The molecule has 0 N–H and O–H groups in total. The van der Waals surface area contributed by atoms with Gasteiger partial charge in [0.05, 0.1) is 22.2 Å². The Kier molecular flexibility index (Phi) is 7.33. The van der Waals surface area contributed by atoms with Crippen molar-refractivity contribution in [2.45, 2.75) is 0 Å². The minimum atomic E-state index is 0.578. The molecule has 0 aliphatic rings. The van der Waals surface area contributed by atoms with Gasteiger partial charge < -0.3 is 0 Å². The standard InChI is InChI=1S/C52H31N5S/c1-3-14-32(15-4-1)49-41-28-29-46-48(40-22-9-12-25-45(40)58-46)47(41)39-27-26-35(31-42(39)53-49)34-18-13-19-36(30-34)51-54-50(33-16-5-2-6-17-33)55-52(56-51)57-43-23-10-7-20-37(43)38-21-8-11-24-44(38)57/h1-31H.